The molecule has 0 saturated carbocycles. The van der Waals surface area contributed by atoms with E-state index in [1.807, 2.05) is 24.3 Å². The summed E-state index contributed by atoms with van der Waals surface area (Å²) in [5, 5.41) is 7.46. The Balaban J connectivity index is 1.94. The van der Waals surface area contributed by atoms with E-state index in [0.29, 0.717) is 0 Å². The highest BCUT2D eigenvalue weighted by Gasteiger charge is 2.18. The molecule has 0 aliphatic carbocycles. The van der Waals surface area contributed by atoms with Crippen molar-refractivity contribution < 1.29 is 4.42 Å². The fraction of sp³-hybridized carbons (Fsp3) is 0. The van der Waals surface area contributed by atoms with Crippen LogP contribution in [0.4, 0.5) is 0 Å². The number of furan rings is 1. The Morgan fingerprint density at radius 1 is 0.760 bits per heavy atom. The number of hydrogen-bond donors (Lipinski definition) is 1. The Kier molecular flexibility index (Phi) is 2.43. The lowest BCUT2D eigenvalue weighted by molar-refractivity contribution is 0.672. The molecule has 0 spiro atoms. The second kappa shape index (κ2) is 4.56. The topological polar surface area (TPSA) is 28.9 Å². The average molecular weight is 342 g/mol. The Bertz CT molecular complexity index is 1460. The van der Waals surface area contributed by atoms with Gasteiger partial charge in [0.15, 0.2) is 5.58 Å². The van der Waals surface area contributed by atoms with Gasteiger partial charge in [-0.1, -0.05) is 60.1 Å². The zero-order valence-corrected chi connectivity index (χ0v) is 13.9. The van der Waals surface area contributed by atoms with E-state index >= 15 is 0 Å². The third kappa shape index (κ3) is 1.65. The van der Waals surface area contributed by atoms with Gasteiger partial charge >= 0.3 is 0 Å². The van der Waals surface area contributed by atoms with Crippen molar-refractivity contribution in [2.24, 2.45) is 0 Å². The molecule has 0 bridgehead atoms. The predicted octanol–water partition coefficient (Wildman–Crippen LogP) is 7.03. The van der Waals surface area contributed by atoms with E-state index in [0.717, 1.165) is 48.8 Å². The fourth-order valence-corrected chi connectivity index (χ4v) is 4.27. The smallest absolute Gasteiger partial charge is 0.159 e. The predicted molar refractivity (Wildman–Crippen MR) is 106 cm³/mol. The summed E-state index contributed by atoms with van der Waals surface area (Å²) in [6.07, 6.45) is 0. The quantitative estimate of drug-likeness (QED) is 0.316. The number of aromatic amines is 1. The van der Waals surface area contributed by atoms with Crippen LogP contribution in [0.2, 0.25) is 5.02 Å². The molecule has 118 valence electrons. The molecule has 6 aromatic rings. The molecule has 1 N–H and O–H groups in total. The van der Waals surface area contributed by atoms with Crippen molar-refractivity contribution in [3.8, 4) is 0 Å². The van der Waals surface area contributed by atoms with Crippen LogP contribution in [-0.2, 0) is 0 Å². The van der Waals surface area contributed by atoms with Gasteiger partial charge in [0.25, 0.3) is 0 Å². The van der Waals surface area contributed by atoms with Gasteiger partial charge in [0, 0.05) is 27.1 Å². The second-order valence-corrected chi connectivity index (χ2v) is 6.82. The largest absolute Gasteiger partial charge is 0.454 e. The molecule has 2 aromatic heterocycles. The zero-order valence-electron chi connectivity index (χ0n) is 13.1. The van der Waals surface area contributed by atoms with Gasteiger partial charge in [0.1, 0.15) is 5.58 Å². The maximum Gasteiger partial charge on any atom is 0.159 e. The van der Waals surface area contributed by atoms with Crippen LogP contribution in [-0.4, -0.2) is 4.98 Å². The van der Waals surface area contributed by atoms with Crippen molar-refractivity contribution in [2.75, 3.05) is 0 Å². The standard InChI is InChI=1S/C22H12ClNO/c23-16-11-15-14-7-3-4-8-18(14)25-22(15)21-20(16)19-13-6-2-1-5-12(13)9-10-17(19)24-21/h1-11,24H. The first-order valence-corrected chi connectivity index (χ1v) is 8.62. The van der Waals surface area contributed by atoms with Gasteiger partial charge in [-0.25, -0.2) is 0 Å². The molecule has 2 nitrogen and oxygen atoms in total. The number of halogens is 1. The van der Waals surface area contributed by atoms with E-state index in [4.69, 9.17) is 16.0 Å². The Morgan fingerprint density at radius 2 is 1.56 bits per heavy atom. The van der Waals surface area contributed by atoms with Gasteiger partial charge < -0.3 is 9.40 Å². The molecule has 2 heterocycles. The van der Waals surface area contributed by atoms with Crippen molar-refractivity contribution in [1.29, 1.82) is 0 Å². The molecule has 6 rings (SSSR count). The summed E-state index contributed by atoms with van der Waals surface area (Å²) in [4.78, 5) is 3.54. The minimum atomic E-state index is 0.747. The number of hydrogen-bond acceptors (Lipinski definition) is 1. The number of aromatic nitrogens is 1. The summed E-state index contributed by atoms with van der Waals surface area (Å²) in [7, 11) is 0. The summed E-state index contributed by atoms with van der Waals surface area (Å²) in [5.41, 5.74) is 3.78. The lowest BCUT2D eigenvalue weighted by atomic mass is 10.0. The summed E-state index contributed by atoms with van der Waals surface area (Å²) in [6, 6.07) is 22.7. The molecule has 4 aromatic carbocycles. The van der Waals surface area contributed by atoms with Gasteiger partial charge in [0.2, 0.25) is 0 Å². The molecular formula is C22H12ClNO. The fourth-order valence-electron chi connectivity index (χ4n) is 3.97. The summed E-state index contributed by atoms with van der Waals surface area (Å²) < 4.78 is 6.17. The maximum atomic E-state index is 6.75. The molecular weight excluding hydrogens is 330 g/mol. The van der Waals surface area contributed by atoms with Crippen molar-refractivity contribution in [3.05, 3.63) is 71.8 Å². The van der Waals surface area contributed by atoms with Crippen LogP contribution in [0.1, 0.15) is 0 Å². The molecule has 0 aliphatic rings. The van der Waals surface area contributed by atoms with E-state index in [9.17, 15) is 0 Å². The number of H-pyrrole nitrogens is 1. The monoisotopic (exact) mass is 341 g/mol. The number of benzene rings is 4. The molecule has 0 unspecified atom stereocenters. The molecule has 0 aliphatic heterocycles. The highest BCUT2D eigenvalue weighted by Crippen LogP contribution is 2.42. The van der Waals surface area contributed by atoms with Crippen LogP contribution in [0, 0.1) is 0 Å². The highest BCUT2D eigenvalue weighted by molar-refractivity contribution is 6.42. The second-order valence-electron chi connectivity index (χ2n) is 6.42. The highest BCUT2D eigenvalue weighted by atomic mass is 35.5. The number of fused-ring (bicyclic) bond motifs is 9. The van der Waals surface area contributed by atoms with E-state index in [1.165, 1.54) is 10.8 Å². The minimum absolute atomic E-state index is 0.747. The van der Waals surface area contributed by atoms with E-state index in [1.54, 1.807) is 0 Å². The first-order valence-electron chi connectivity index (χ1n) is 8.24. The van der Waals surface area contributed by atoms with Crippen LogP contribution in [0.5, 0.6) is 0 Å². The third-order valence-electron chi connectivity index (χ3n) is 5.06. The number of nitrogens with one attached hydrogen (secondary N) is 1. The summed E-state index contributed by atoms with van der Waals surface area (Å²) in [6.45, 7) is 0. The average Bonchev–Trinajstić information content (AvgIpc) is 3.21. The van der Waals surface area contributed by atoms with E-state index < -0.39 is 0 Å². The zero-order chi connectivity index (χ0) is 16.5. The number of rotatable bonds is 0. The SMILES string of the molecule is Clc1cc2c3ccccc3oc2c2[nH]c3ccc4ccccc4c3c12. The van der Waals surface area contributed by atoms with Gasteiger partial charge in [-0.2, -0.15) is 0 Å². The molecule has 0 amide bonds. The molecule has 0 radical (unpaired) electrons. The van der Waals surface area contributed by atoms with Gasteiger partial charge in [0.05, 0.1) is 10.5 Å². The summed E-state index contributed by atoms with van der Waals surface area (Å²) >= 11 is 6.75. The van der Waals surface area contributed by atoms with Crippen molar-refractivity contribution in [2.45, 2.75) is 0 Å². The van der Waals surface area contributed by atoms with Crippen molar-refractivity contribution >= 4 is 66.1 Å². The van der Waals surface area contributed by atoms with Crippen molar-refractivity contribution in [1.82, 2.24) is 4.98 Å². The van der Waals surface area contributed by atoms with Crippen LogP contribution >= 0.6 is 11.6 Å². The molecule has 25 heavy (non-hydrogen) atoms. The Morgan fingerprint density at radius 3 is 2.48 bits per heavy atom. The van der Waals surface area contributed by atoms with Gasteiger partial charge in [-0.15, -0.1) is 0 Å². The minimum Gasteiger partial charge on any atom is -0.454 e. The van der Waals surface area contributed by atoms with Crippen LogP contribution < -0.4 is 0 Å². The summed E-state index contributed by atoms with van der Waals surface area (Å²) in [5.74, 6) is 0. The molecule has 0 fully saturated rings. The lowest BCUT2D eigenvalue weighted by Crippen LogP contribution is -1.75. The first-order chi connectivity index (χ1) is 12.3. The Hall–Kier alpha value is -2.97. The third-order valence-corrected chi connectivity index (χ3v) is 5.36. The first kappa shape index (κ1) is 13.3. The van der Waals surface area contributed by atoms with E-state index in [-0.39, 0.29) is 0 Å². The Labute approximate surface area is 147 Å². The van der Waals surface area contributed by atoms with Crippen LogP contribution in [0.15, 0.2) is 71.1 Å². The van der Waals surface area contributed by atoms with Gasteiger partial charge in [-0.05, 0) is 29.0 Å². The molecule has 0 atom stereocenters. The number of para-hydroxylation sites is 1. The van der Waals surface area contributed by atoms with E-state index in [2.05, 4.69) is 47.4 Å². The normalized spacial score (nSPS) is 12.2. The lowest BCUT2D eigenvalue weighted by Gasteiger charge is -2.01. The van der Waals surface area contributed by atoms with Crippen LogP contribution in [0.3, 0.4) is 0 Å². The van der Waals surface area contributed by atoms with Gasteiger partial charge in [-0.3, -0.25) is 0 Å². The molecule has 3 heteroatoms. The molecule has 0 saturated heterocycles. The van der Waals surface area contributed by atoms with Crippen molar-refractivity contribution in [3.63, 3.8) is 0 Å². The van der Waals surface area contributed by atoms with Crippen LogP contribution in [0.25, 0.3) is 54.5 Å². The maximum absolute atomic E-state index is 6.75.